The molecule has 27 heavy (non-hydrogen) atoms. The Morgan fingerprint density at radius 2 is 1.93 bits per heavy atom. The number of carbonyl (C=O) groups is 2. The van der Waals surface area contributed by atoms with Crippen molar-refractivity contribution < 1.29 is 27.2 Å². The molecule has 8 nitrogen and oxygen atoms in total. The van der Waals surface area contributed by atoms with Crippen LogP contribution in [0.1, 0.15) is 19.1 Å². The SMILES string of the molecule is C[C@H](OC(=O)CCNS(=O)(=O)c1ccc(Cl)cc1)C(=O)NCc1ccco1. The topological polar surface area (TPSA) is 115 Å². The lowest BCUT2D eigenvalue weighted by molar-refractivity contribution is -0.154. The molecule has 1 atom stereocenters. The van der Waals surface area contributed by atoms with E-state index in [1.165, 1.54) is 37.5 Å². The van der Waals surface area contributed by atoms with E-state index < -0.39 is 28.0 Å². The molecule has 2 aromatic rings. The summed E-state index contributed by atoms with van der Waals surface area (Å²) in [5, 5.41) is 2.98. The van der Waals surface area contributed by atoms with Gasteiger partial charge in [0.25, 0.3) is 5.91 Å². The predicted octanol–water partition coefficient (Wildman–Crippen LogP) is 1.85. The summed E-state index contributed by atoms with van der Waals surface area (Å²) in [4.78, 5) is 23.7. The van der Waals surface area contributed by atoms with Gasteiger partial charge in [0.1, 0.15) is 5.76 Å². The molecule has 0 fully saturated rings. The van der Waals surface area contributed by atoms with Crippen molar-refractivity contribution in [2.24, 2.45) is 0 Å². The zero-order chi connectivity index (χ0) is 19.9. The van der Waals surface area contributed by atoms with Crippen LogP contribution in [0.15, 0.2) is 52.0 Å². The maximum Gasteiger partial charge on any atom is 0.307 e. The van der Waals surface area contributed by atoms with Crippen LogP contribution >= 0.6 is 11.6 Å². The lowest BCUT2D eigenvalue weighted by Gasteiger charge is -2.13. The van der Waals surface area contributed by atoms with Crippen molar-refractivity contribution in [1.82, 2.24) is 10.0 Å². The minimum Gasteiger partial charge on any atom is -0.467 e. The molecular formula is C17H19ClN2O6S. The van der Waals surface area contributed by atoms with Crippen molar-refractivity contribution in [2.45, 2.75) is 30.9 Å². The van der Waals surface area contributed by atoms with E-state index in [2.05, 4.69) is 10.0 Å². The third-order valence-electron chi connectivity index (χ3n) is 3.44. The van der Waals surface area contributed by atoms with Gasteiger partial charge in [-0.2, -0.15) is 0 Å². The number of sulfonamides is 1. The molecule has 1 aromatic carbocycles. The van der Waals surface area contributed by atoms with Gasteiger partial charge in [-0.3, -0.25) is 9.59 Å². The molecule has 1 amide bonds. The molecule has 0 saturated carbocycles. The number of rotatable bonds is 9. The van der Waals surface area contributed by atoms with E-state index in [9.17, 15) is 18.0 Å². The number of ether oxygens (including phenoxy) is 1. The highest BCUT2D eigenvalue weighted by atomic mass is 35.5. The Kier molecular flexibility index (Phi) is 7.40. The second-order valence-corrected chi connectivity index (χ2v) is 7.73. The molecule has 0 aliphatic rings. The number of carbonyl (C=O) groups excluding carboxylic acids is 2. The van der Waals surface area contributed by atoms with Crippen molar-refractivity contribution >= 4 is 33.5 Å². The first-order valence-corrected chi connectivity index (χ1v) is 9.89. The van der Waals surface area contributed by atoms with Gasteiger partial charge >= 0.3 is 5.97 Å². The first kappa shape index (κ1) is 20.9. The van der Waals surface area contributed by atoms with E-state index in [0.29, 0.717) is 10.8 Å². The summed E-state index contributed by atoms with van der Waals surface area (Å²) in [6.07, 6.45) is 0.249. The molecule has 1 heterocycles. The molecule has 0 unspecified atom stereocenters. The van der Waals surface area contributed by atoms with Gasteiger partial charge < -0.3 is 14.5 Å². The molecule has 146 valence electrons. The standard InChI is InChI=1S/C17H19ClN2O6S/c1-12(17(22)19-11-14-3-2-10-25-14)26-16(21)8-9-20-27(23,24)15-6-4-13(18)5-7-15/h2-7,10,12,20H,8-9,11H2,1H3,(H,19,22)/t12-/m0/s1. The monoisotopic (exact) mass is 414 g/mol. The summed E-state index contributed by atoms with van der Waals surface area (Å²) in [5.41, 5.74) is 0. The van der Waals surface area contributed by atoms with Crippen LogP contribution in [0.3, 0.4) is 0 Å². The molecule has 2 N–H and O–H groups in total. The minimum atomic E-state index is -3.76. The van der Waals surface area contributed by atoms with Crippen LogP contribution in [0, 0.1) is 0 Å². The zero-order valence-electron chi connectivity index (χ0n) is 14.5. The zero-order valence-corrected chi connectivity index (χ0v) is 16.0. The number of benzene rings is 1. The lowest BCUT2D eigenvalue weighted by atomic mass is 10.3. The molecule has 0 spiro atoms. The Bertz CT molecular complexity index is 865. The Morgan fingerprint density at radius 3 is 2.56 bits per heavy atom. The van der Waals surface area contributed by atoms with Crippen molar-refractivity contribution in [3.8, 4) is 0 Å². The summed E-state index contributed by atoms with van der Waals surface area (Å²) >= 11 is 5.72. The van der Waals surface area contributed by atoms with Crippen molar-refractivity contribution in [1.29, 1.82) is 0 Å². The van der Waals surface area contributed by atoms with Crippen LogP contribution in [-0.2, 0) is 30.9 Å². The van der Waals surface area contributed by atoms with Gasteiger partial charge in [0.05, 0.1) is 24.1 Å². The van der Waals surface area contributed by atoms with Crippen LogP contribution in [0.5, 0.6) is 0 Å². The fraction of sp³-hybridized carbons (Fsp3) is 0.294. The van der Waals surface area contributed by atoms with Gasteiger partial charge in [0.15, 0.2) is 6.10 Å². The Balaban J connectivity index is 1.73. The quantitative estimate of drug-likeness (QED) is 0.605. The number of halogens is 1. The summed E-state index contributed by atoms with van der Waals surface area (Å²) in [5.74, 6) is -0.616. The Labute approximate surface area is 161 Å². The second-order valence-electron chi connectivity index (χ2n) is 5.53. The van der Waals surface area contributed by atoms with Crippen molar-refractivity contribution in [3.05, 3.63) is 53.4 Å². The fourth-order valence-corrected chi connectivity index (χ4v) is 3.18. The molecule has 0 saturated heterocycles. The summed E-state index contributed by atoms with van der Waals surface area (Å²) < 4.78 is 36.5. The third kappa shape index (κ3) is 6.70. The molecule has 10 heteroatoms. The normalized spacial score (nSPS) is 12.4. The van der Waals surface area contributed by atoms with E-state index in [1.807, 2.05) is 0 Å². The number of esters is 1. The van der Waals surface area contributed by atoms with Crippen LogP contribution in [0.2, 0.25) is 5.02 Å². The van der Waals surface area contributed by atoms with Gasteiger partial charge in [-0.1, -0.05) is 11.6 Å². The third-order valence-corrected chi connectivity index (χ3v) is 5.17. The molecular weight excluding hydrogens is 396 g/mol. The molecule has 0 radical (unpaired) electrons. The van der Waals surface area contributed by atoms with Crippen LogP contribution < -0.4 is 10.0 Å². The van der Waals surface area contributed by atoms with Crippen LogP contribution in [0.25, 0.3) is 0 Å². The van der Waals surface area contributed by atoms with Gasteiger partial charge in [-0.05, 0) is 43.3 Å². The maximum absolute atomic E-state index is 12.1. The minimum absolute atomic E-state index is 0.0333. The fourth-order valence-electron chi connectivity index (χ4n) is 2.03. The first-order chi connectivity index (χ1) is 12.8. The highest BCUT2D eigenvalue weighted by molar-refractivity contribution is 7.89. The molecule has 0 aliphatic heterocycles. The highest BCUT2D eigenvalue weighted by Crippen LogP contribution is 2.13. The van der Waals surface area contributed by atoms with E-state index in [1.54, 1.807) is 12.1 Å². The van der Waals surface area contributed by atoms with Crippen LogP contribution in [0.4, 0.5) is 0 Å². The average molecular weight is 415 g/mol. The number of hydrogen-bond donors (Lipinski definition) is 2. The Morgan fingerprint density at radius 1 is 1.22 bits per heavy atom. The molecule has 1 aromatic heterocycles. The summed E-state index contributed by atoms with van der Waals surface area (Å²) in [6, 6.07) is 9.00. The Hall–Kier alpha value is -2.36. The predicted molar refractivity (Wildman–Crippen MR) is 97.4 cm³/mol. The lowest BCUT2D eigenvalue weighted by Crippen LogP contribution is -2.36. The summed E-state index contributed by atoms with van der Waals surface area (Å²) in [7, 11) is -3.76. The van der Waals surface area contributed by atoms with Crippen LogP contribution in [-0.4, -0.2) is 32.9 Å². The molecule has 0 bridgehead atoms. The smallest absolute Gasteiger partial charge is 0.307 e. The van der Waals surface area contributed by atoms with Gasteiger partial charge in [0, 0.05) is 11.6 Å². The summed E-state index contributed by atoms with van der Waals surface area (Å²) in [6.45, 7) is 1.44. The van der Waals surface area contributed by atoms with E-state index in [-0.39, 0.29) is 24.4 Å². The molecule has 0 aliphatic carbocycles. The number of furan rings is 1. The largest absolute Gasteiger partial charge is 0.467 e. The molecule has 2 rings (SSSR count). The van der Waals surface area contributed by atoms with Crippen molar-refractivity contribution in [2.75, 3.05) is 6.54 Å². The number of hydrogen-bond acceptors (Lipinski definition) is 6. The van der Waals surface area contributed by atoms with Gasteiger partial charge in [-0.25, -0.2) is 13.1 Å². The number of amides is 1. The van der Waals surface area contributed by atoms with Crippen molar-refractivity contribution in [3.63, 3.8) is 0 Å². The van der Waals surface area contributed by atoms with E-state index >= 15 is 0 Å². The number of nitrogens with one attached hydrogen (secondary N) is 2. The second kappa shape index (κ2) is 9.54. The van der Waals surface area contributed by atoms with Gasteiger partial charge in [-0.15, -0.1) is 0 Å². The maximum atomic E-state index is 12.1. The van der Waals surface area contributed by atoms with E-state index in [0.717, 1.165) is 0 Å². The highest BCUT2D eigenvalue weighted by Gasteiger charge is 2.19. The first-order valence-electron chi connectivity index (χ1n) is 8.03. The van der Waals surface area contributed by atoms with Gasteiger partial charge in [0.2, 0.25) is 10.0 Å². The van der Waals surface area contributed by atoms with E-state index in [4.69, 9.17) is 20.8 Å². The average Bonchev–Trinajstić information content (AvgIpc) is 3.13.